The molecular weight excluding hydrogens is 347 g/mol. The summed E-state index contributed by atoms with van der Waals surface area (Å²) in [6, 6.07) is 5.91. The fourth-order valence-electron chi connectivity index (χ4n) is 2.54. The molecule has 1 fully saturated rings. The van der Waals surface area contributed by atoms with Crippen LogP contribution in [0.5, 0.6) is 0 Å². The van der Waals surface area contributed by atoms with Gasteiger partial charge in [-0.1, -0.05) is 33.6 Å². The molecule has 0 radical (unpaired) electrons. The van der Waals surface area contributed by atoms with Gasteiger partial charge in [0.05, 0.1) is 17.6 Å². The Balaban J connectivity index is 2.40. The second-order valence-corrected chi connectivity index (χ2v) is 7.71. The zero-order valence-electron chi connectivity index (χ0n) is 13.6. The lowest BCUT2D eigenvalue weighted by Crippen LogP contribution is -2.41. The molecule has 0 spiro atoms. The lowest BCUT2D eigenvalue weighted by atomic mass is 9.66. The predicted octanol–water partition coefficient (Wildman–Crippen LogP) is 3.95. The molecule has 0 amide bonds. The van der Waals surface area contributed by atoms with Gasteiger partial charge in [-0.3, -0.25) is 4.79 Å². The molecule has 120 valence electrons. The number of halogens is 1. The zero-order valence-corrected chi connectivity index (χ0v) is 15.2. The van der Waals surface area contributed by atoms with Crippen molar-refractivity contribution >= 4 is 29.0 Å². The lowest BCUT2D eigenvalue weighted by molar-refractivity contribution is -0.137. The second-order valence-electron chi connectivity index (χ2n) is 6.85. The standard InChI is InChI=1S/C16H22BBrO4/c1-10-6-7-13(18)11(8-10)12(9-14(19)20)17-21-15(2,3)16(4,5)22-17/h6-8,12H,9H2,1-5H3,(H,19,20). The van der Waals surface area contributed by atoms with E-state index in [0.29, 0.717) is 0 Å². The summed E-state index contributed by atoms with van der Waals surface area (Å²) in [7, 11) is -0.584. The van der Waals surface area contributed by atoms with Gasteiger partial charge < -0.3 is 14.4 Å². The maximum atomic E-state index is 11.3. The summed E-state index contributed by atoms with van der Waals surface area (Å²) in [5.74, 6) is -1.24. The normalized spacial score (nSPS) is 20.9. The molecular formula is C16H22BBrO4. The van der Waals surface area contributed by atoms with Gasteiger partial charge in [-0.05, 0) is 46.2 Å². The van der Waals surface area contributed by atoms with Gasteiger partial charge in [0.15, 0.2) is 0 Å². The number of carboxylic acid groups (broad SMARTS) is 1. The minimum Gasteiger partial charge on any atom is -0.481 e. The van der Waals surface area contributed by atoms with Gasteiger partial charge in [0.1, 0.15) is 0 Å². The summed E-state index contributed by atoms with van der Waals surface area (Å²) in [4.78, 5) is 11.3. The molecule has 1 unspecified atom stereocenters. The van der Waals surface area contributed by atoms with Gasteiger partial charge in [-0.15, -0.1) is 0 Å². The van der Waals surface area contributed by atoms with E-state index < -0.39 is 24.3 Å². The number of carbonyl (C=O) groups is 1. The average molecular weight is 369 g/mol. The average Bonchev–Trinajstić information content (AvgIpc) is 2.58. The van der Waals surface area contributed by atoms with E-state index in [0.717, 1.165) is 15.6 Å². The molecule has 6 heteroatoms. The summed E-state index contributed by atoms with van der Waals surface area (Å²) in [6.45, 7) is 9.86. The Labute approximate surface area is 140 Å². The maximum absolute atomic E-state index is 11.3. The van der Waals surface area contributed by atoms with E-state index in [-0.39, 0.29) is 12.2 Å². The van der Waals surface area contributed by atoms with Gasteiger partial charge in [0.2, 0.25) is 0 Å². The molecule has 0 aromatic heterocycles. The molecule has 1 aromatic carbocycles. The molecule has 0 bridgehead atoms. The minimum absolute atomic E-state index is 0.0428. The first-order chi connectivity index (χ1) is 10.0. The van der Waals surface area contributed by atoms with Crippen molar-refractivity contribution in [3.63, 3.8) is 0 Å². The van der Waals surface area contributed by atoms with E-state index in [9.17, 15) is 9.90 Å². The van der Waals surface area contributed by atoms with Crippen molar-refractivity contribution in [1.82, 2.24) is 0 Å². The lowest BCUT2D eigenvalue weighted by Gasteiger charge is -2.32. The highest BCUT2D eigenvalue weighted by Crippen LogP contribution is 2.43. The molecule has 1 atom stereocenters. The van der Waals surface area contributed by atoms with Crippen LogP contribution in [0.25, 0.3) is 0 Å². The van der Waals surface area contributed by atoms with Crippen molar-refractivity contribution in [2.75, 3.05) is 0 Å². The molecule has 0 saturated carbocycles. The smallest absolute Gasteiger partial charge is 0.466 e. The van der Waals surface area contributed by atoms with Crippen LogP contribution in [0.1, 0.15) is 51.1 Å². The summed E-state index contributed by atoms with van der Waals surface area (Å²) in [6.07, 6.45) is -0.0428. The van der Waals surface area contributed by atoms with E-state index in [1.54, 1.807) is 0 Å². The highest BCUT2D eigenvalue weighted by atomic mass is 79.9. The molecule has 1 N–H and O–H groups in total. The summed E-state index contributed by atoms with van der Waals surface area (Å²) in [5, 5.41) is 9.30. The monoisotopic (exact) mass is 368 g/mol. The van der Waals surface area contributed by atoms with Crippen molar-refractivity contribution in [2.45, 2.75) is 58.1 Å². The van der Waals surface area contributed by atoms with E-state index in [2.05, 4.69) is 15.9 Å². The number of aliphatic carboxylic acids is 1. The SMILES string of the molecule is Cc1ccc(Br)c(C(CC(=O)O)B2OC(C)(C)C(C)(C)O2)c1. The number of benzene rings is 1. The van der Waals surface area contributed by atoms with Crippen LogP contribution in [0, 0.1) is 6.92 Å². The van der Waals surface area contributed by atoms with Crippen LogP contribution in [0.2, 0.25) is 0 Å². The number of hydrogen-bond acceptors (Lipinski definition) is 3. The Morgan fingerprint density at radius 3 is 2.32 bits per heavy atom. The number of hydrogen-bond donors (Lipinski definition) is 1. The van der Waals surface area contributed by atoms with Crippen molar-refractivity contribution in [2.24, 2.45) is 0 Å². The van der Waals surface area contributed by atoms with Crippen LogP contribution in [0.3, 0.4) is 0 Å². The number of carboxylic acids is 1. The third-order valence-corrected chi connectivity index (χ3v) is 5.27. The molecule has 1 heterocycles. The Morgan fingerprint density at radius 1 is 1.27 bits per heavy atom. The van der Waals surface area contributed by atoms with Crippen molar-refractivity contribution in [1.29, 1.82) is 0 Å². The Bertz CT molecular complexity index is 570. The third-order valence-electron chi connectivity index (χ3n) is 4.55. The molecule has 4 nitrogen and oxygen atoms in total. The second kappa shape index (κ2) is 5.98. The first-order valence-electron chi connectivity index (χ1n) is 7.37. The largest absolute Gasteiger partial charge is 0.481 e. The summed E-state index contributed by atoms with van der Waals surface area (Å²) < 4.78 is 13.0. The number of aryl methyl sites for hydroxylation is 1. The van der Waals surface area contributed by atoms with Crippen LogP contribution in [0.15, 0.2) is 22.7 Å². The zero-order chi connectivity index (χ0) is 16.7. The molecule has 1 aromatic rings. The van der Waals surface area contributed by atoms with Crippen molar-refractivity contribution in [3.05, 3.63) is 33.8 Å². The number of rotatable bonds is 4. The summed E-state index contributed by atoms with van der Waals surface area (Å²) >= 11 is 3.52. The van der Waals surface area contributed by atoms with Crippen LogP contribution in [-0.4, -0.2) is 29.4 Å². The highest BCUT2D eigenvalue weighted by Gasteiger charge is 2.54. The van der Waals surface area contributed by atoms with E-state index >= 15 is 0 Å². The van der Waals surface area contributed by atoms with Crippen LogP contribution < -0.4 is 0 Å². The van der Waals surface area contributed by atoms with Crippen molar-refractivity contribution < 1.29 is 19.2 Å². The molecule has 1 aliphatic rings. The van der Waals surface area contributed by atoms with Gasteiger partial charge in [0, 0.05) is 10.3 Å². The molecule has 2 rings (SSSR count). The van der Waals surface area contributed by atoms with Gasteiger partial charge in [-0.2, -0.15) is 0 Å². The molecule has 22 heavy (non-hydrogen) atoms. The molecule has 0 aliphatic carbocycles. The van der Waals surface area contributed by atoms with Crippen LogP contribution in [-0.2, 0) is 14.1 Å². The highest BCUT2D eigenvalue weighted by molar-refractivity contribution is 9.10. The van der Waals surface area contributed by atoms with E-state index in [4.69, 9.17) is 9.31 Å². The Morgan fingerprint density at radius 2 is 1.82 bits per heavy atom. The fourth-order valence-corrected chi connectivity index (χ4v) is 3.08. The van der Waals surface area contributed by atoms with Crippen LogP contribution in [0.4, 0.5) is 0 Å². The van der Waals surface area contributed by atoms with Gasteiger partial charge >= 0.3 is 13.1 Å². The molecule has 1 saturated heterocycles. The Kier molecular flexibility index (Phi) is 4.76. The Hall–Kier alpha value is -0.845. The van der Waals surface area contributed by atoms with E-state index in [1.807, 2.05) is 52.8 Å². The van der Waals surface area contributed by atoms with Gasteiger partial charge in [-0.25, -0.2) is 0 Å². The molecule has 1 aliphatic heterocycles. The third kappa shape index (κ3) is 3.39. The first kappa shape index (κ1) is 17.5. The predicted molar refractivity (Wildman–Crippen MR) is 90.0 cm³/mol. The van der Waals surface area contributed by atoms with Crippen molar-refractivity contribution in [3.8, 4) is 0 Å². The fraction of sp³-hybridized carbons (Fsp3) is 0.562. The minimum atomic E-state index is -0.867. The maximum Gasteiger partial charge on any atom is 0.466 e. The first-order valence-corrected chi connectivity index (χ1v) is 8.16. The van der Waals surface area contributed by atoms with Gasteiger partial charge in [0.25, 0.3) is 0 Å². The van der Waals surface area contributed by atoms with E-state index in [1.165, 1.54) is 0 Å². The van der Waals surface area contributed by atoms with Crippen LogP contribution >= 0.6 is 15.9 Å². The topological polar surface area (TPSA) is 55.8 Å². The summed E-state index contributed by atoms with van der Waals surface area (Å²) in [5.41, 5.74) is 1.01. The quantitative estimate of drug-likeness (QED) is 0.817.